The molecule has 0 amide bonds. The molecule has 0 bridgehead atoms. The maximum absolute atomic E-state index is 12.5. The predicted molar refractivity (Wildman–Crippen MR) is 123 cm³/mol. The molecule has 6 heteroatoms. The van der Waals surface area contributed by atoms with Gasteiger partial charge >= 0.3 is 5.97 Å². The number of carbonyl (C=O) groups excluding carboxylic acids is 1. The maximum Gasteiger partial charge on any atom is 0.323 e. The van der Waals surface area contributed by atoms with E-state index in [0.29, 0.717) is 6.42 Å². The van der Waals surface area contributed by atoms with Crippen LogP contribution in [-0.4, -0.2) is 40.1 Å². The van der Waals surface area contributed by atoms with Gasteiger partial charge in [0.05, 0.1) is 0 Å². The number of aromatic nitrogens is 2. The minimum absolute atomic E-state index is 0.192. The Balaban J connectivity index is 1.80. The minimum atomic E-state index is -0.828. The van der Waals surface area contributed by atoms with E-state index >= 15 is 0 Å². The molecule has 0 saturated heterocycles. The van der Waals surface area contributed by atoms with Gasteiger partial charge in [0.15, 0.2) is 0 Å². The number of aryl methyl sites for hydroxylation is 2. The van der Waals surface area contributed by atoms with Crippen LogP contribution in [0.25, 0.3) is 10.9 Å². The molecule has 0 radical (unpaired) electrons. The van der Waals surface area contributed by atoms with Crippen LogP contribution in [0, 0.1) is 6.92 Å². The first kappa shape index (κ1) is 21.5. The lowest BCUT2D eigenvalue weighted by Crippen LogP contribution is -2.40. The molecule has 3 unspecified atom stereocenters. The van der Waals surface area contributed by atoms with E-state index in [1.807, 2.05) is 19.1 Å². The molecule has 3 heterocycles. The summed E-state index contributed by atoms with van der Waals surface area (Å²) >= 11 is 0. The van der Waals surface area contributed by atoms with Crippen LogP contribution in [-0.2, 0) is 28.7 Å². The van der Waals surface area contributed by atoms with E-state index in [9.17, 15) is 4.79 Å². The molecule has 6 nitrogen and oxygen atoms in total. The quantitative estimate of drug-likeness (QED) is 0.639. The number of rotatable bonds is 5. The lowest BCUT2D eigenvalue weighted by Gasteiger charge is -2.38. The topological polar surface area (TPSA) is 73.4 Å². The number of nitrogens with two attached hydrogens (primary N) is 1. The second-order valence-corrected chi connectivity index (χ2v) is 9.22. The Kier molecular flexibility index (Phi) is 5.62. The maximum atomic E-state index is 12.5. The van der Waals surface area contributed by atoms with Gasteiger partial charge in [-0.25, -0.2) is 0 Å². The smallest absolute Gasteiger partial charge is 0.323 e. The molecule has 1 aromatic carbocycles. The van der Waals surface area contributed by atoms with Gasteiger partial charge in [0.2, 0.25) is 0 Å². The Morgan fingerprint density at radius 3 is 2.81 bits per heavy atom. The van der Waals surface area contributed by atoms with Crippen LogP contribution in [0.1, 0.15) is 48.6 Å². The van der Waals surface area contributed by atoms with Crippen molar-refractivity contribution >= 4 is 16.9 Å². The first-order valence-corrected chi connectivity index (χ1v) is 10.8. The Hall–Kier alpha value is -2.70. The Bertz CT molecular complexity index is 1110. The molecule has 3 atom stereocenters. The number of fused-ring (bicyclic) bond motifs is 3. The monoisotopic (exact) mass is 420 g/mol. The number of likely N-dealkylation sites (N-methyl/N-ethyl adjacent to an activating group) is 1. The van der Waals surface area contributed by atoms with Gasteiger partial charge in [-0.2, -0.15) is 0 Å². The molecule has 2 N–H and O–H groups in total. The van der Waals surface area contributed by atoms with Crippen molar-refractivity contribution in [1.29, 1.82) is 0 Å². The van der Waals surface area contributed by atoms with Crippen molar-refractivity contribution in [1.82, 2.24) is 14.5 Å². The Morgan fingerprint density at radius 2 is 2.13 bits per heavy atom. The minimum Gasteiger partial charge on any atom is -0.453 e. The van der Waals surface area contributed by atoms with Crippen molar-refractivity contribution in [2.24, 2.45) is 12.8 Å². The van der Waals surface area contributed by atoms with E-state index in [1.54, 1.807) is 19.3 Å². The van der Waals surface area contributed by atoms with Gasteiger partial charge in [0, 0.05) is 67.0 Å². The fourth-order valence-corrected chi connectivity index (χ4v) is 4.98. The van der Waals surface area contributed by atoms with Crippen molar-refractivity contribution in [3.63, 3.8) is 0 Å². The lowest BCUT2D eigenvalue weighted by atomic mass is 9.82. The summed E-state index contributed by atoms with van der Waals surface area (Å²) in [5.74, 6) is -0.207. The third-order valence-electron chi connectivity index (χ3n) is 6.46. The second-order valence-electron chi connectivity index (χ2n) is 9.22. The molecular formula is C25H32N4O2. The van der Waals surface area contributed by atoms with Crippen molar-refractivity contribution in [2.45, 2.75) is 51.3 Å². The fourth-order valence-electron chi connectivity index (χ4n) is 4.98. The summed E-state index contributed by atoms with van der Waals surface area (Å²) in [7, 11) is 4.30. The van der Waals surface area contributed by atoms with Crippen molar-refractivity contribution in [3.05, 3.63) is 65.1 Å². The summed E-state index contributed by atoms with van der Waals surface area (Å²) in [6.45, 7) is 7.57. The zero-order chi connectivity index (χ0) is 22.3. The molecule has 0 fully saturated rings. The summed E-state index contributed by atoms with van der Waals surface area (Å²) in [5.41, 5.74) is 11.1. The second kappa shape index (κ2) is 8.09. The van der Waals surface area contributed by atoms with Gasteiger partial charge in [-0.3, -0.25) is 9.78 Å². The molecule has 31 heavy (non-hydrogen) atoms. The van der Waals surface area contributed by atoms with Crippen LogP contribution >= 0.6 is 0 Å². The van der Waals surface area contributed by atoms with Gasteiger partial charge in [-0.15, -0.1) is 0 Å². The van der Waals surface area contributed by atoms with Crippen LogP contribution in [0.4, 0.5) is 0 Å². The van der Waals surface area contributed by atoms with E-state index in [1.165, 1.54) is 27.7 Å². The standard InChI is InChI=1S/C25H32N4O2/c1-16-8-9-22-20(11-16)21-15-28(4)14-18(23(21)29(22)5)12-25(3,31-24(30)17(2)26)19-7-6-10-27-13-19/h6-11,13,17-18H,12,14-15,26H2,1-5H3. The number of pyridine rings is 1. The number of hydrogen-bond donors (Lipinski definition) is 1. The van der Waals surface area contributed by atoms with Gasteiger partial charge in [-0.1, -0.05) is 17.7 Å². The molecule has 0 aliphatic carbocycles. The van der Waals surface area contributed by atoms with Gasteiger partial charge < -0.3 is 19.9 Å². The van der Waals surface area contributed by atoms with Crippen molar-refractivity contribution in [3.8, 4) is 0 Å². The molecule has 164 valence electrons. The highest BCUT2D eigenvalue weighted by atomic mass is 16.6. The SMILES string of the molecule is Cc1ccc2c(c1)c1c(n2C)C(CC(C)(OC(=O)C(C)N)c2cccnc2)CN(C)C1. The summed E-state index contributed by atoms with van der Waals surface area (Å²) < 4.78 is 8.36. The first-order chi connectivity index (χ1) is 14.7. The summed E-state index contributed by atoms with van der Waals surface area (Å²) in [6, 6.07) is 9.82. The third-order valence-corrected chi connectivity index (χ3v) is 6.46. The highest BCUT2D eigenvalue weighted by molar-refractivity contribution is 5.86. The van der Waals surface area contributed by atoms with Crippen LogP contribution in [0.3, 0.4) is 0 Å². The number of carbonyl (C=O) groups is 1. The van der Waals surface area contributed by atoms with E-state index in [0.717, 1.165) is 18.7 Å². The summed E-state index contributed by atoms with van der Waals surface area (Å²) in [6.07, 6.45) is 4.17. The molecular weight excluding hydrogens is 388 g/mol. The van der Waals surface area contributed by atoms with E-state index < -0.39 is 17.6 Å². The molecule has 1 aliphatic heterocycles. The summed E-state index contributed by atoms with van der Waals surface area (Å²) in [4.78, 5) is 19.2. The largest absolute Gasteiger partial charge is 0.453 e. The normalized spacial score (nSPS) is 19.6. The van der Waals surface area contributed by atoms with Gasteiger partial charge in [0.1, 0.15) is 11.6 Å². The number of ether oxygens (including phenoxy) is 1. The number of hydrogen-bond acceptors (Lipinski definition) is 5. The average molecular weight is 421 g/mol. The van der Waals surface area contributed by atoms with Gasteiger partial charge in [-0.05, 0) is 51.6 Å². The van der Waals surface area contributed by atoms with Crippen molar-refractivity contribution < 1.29 is 9.53 Å². The zero-order valence-corrected chi connectivity index (χ0v) is 19.1. The fraction of sp³-hybridized carbons (Fsp3) is 0.440. The Morgan fingerprint density at radius 1 is 1.35 bits per heavy atom. The highest BCUT2D eigenvalue weighted by Gasteiger charge is 2.39. The Labute approximate surface area is 184 Å². The zero-order valence-electron chi connectivity index (χ0n) is 19.1. The van der Waals surface area contributed by atoms with Crippen LogP contribution in [0.5, 0.6) is 0 Å². The molecule has 1 aliphatic rings. The molecule has 4 rings (SSSR count). The molecule has 3 aromatic rings. The van der Waals surface area contributed by atoms with Crippen LogP contribution in [0.15, 0.2) is 42.7 Å². The van der Waals surface area contributed by atoms with Crippen LogP contribution < -0.4 is 5.73 Å². The third kappa shape index (κ3) is 3.98. The number of benzene rings is 1. The number of nitrogens with zero attached hydrogens (tertiary/aromatic N) is 3. The molecule has 2 aromatic heterocycles. The van der Waals surface area contributed by atoms with E-state index in [4.69, 9.17) is 10.5 Å². The first-order valence-electron chi connectivity index (χ1n) is 10.8. The van der Waals surface area contributed by atoms with Crippen LogP contribution in [0.2, 0.25) is 0 Å². The van der Waals surface area contributed by atoms with Crippen molar-refractivity contribution in [2.75, 3.05) is 13.6 Å². The van der Waals surface area contributed by atoms with E-state index in [-0.39, 0.29) is 5.92 Å². The highest BCUT2D eigenvalue weighted by Crippen LogP contribution is 2.42. The molecule has 0 spiro atoms. The number of esters is 1. The molecule has 0 saturated carbocycles. The predicted octanol–water partition coefficient (Wildman–Crippen LogP) is 3.61. The average Bonchev–Trinajstić information content (AvgIpc) is 3.00. The van der Waals surface area contributed by atoms with E-state index in [2.05, 4.69) is 53.7 Å². The lowest BCUT2D eigenvalue weighted by molar-refractivity contribution is -0.162. The summed E-state index contributed by atoms with van der Waals surface area (Å²) in [5, 5.41) is 1.31. The van der Waals surface area contributed by atoms with Gasteiger partial charge in [0.25, 0.3) is 0 Å².